The lowest BCUT2D eigenvalue weighted by molar-refractivity contribution is 0.146. The molecule has 1 aromatic heterocycles. The van der Waals surface area contributed by atoms with Gasteiger partial charge in [-0.25, -0.2) is 14.6 Å². The minimum absolute atomic E-state index is 0.0295. The van der Waals surface area contributed by atoms with Crippen LogP contribution in [-0.2, 0) is 11.3 Å². The van der Waals surface area contributed by atoms with Gasteiger partial charge in [0.15, 0.2) is 18.8 Å². The number of hydrogen-bond donors (Lipinski definition) is 1. The topological polar surface area (TPSA) is 87.9 Å². The molecule has 0 aliphatic carbocycles. The average Bonchev–Trinajstić information content (AvgIpc) is 3.20. The fourth-order valence-corrected chi connectivity index (χ4v) is 3.15. The summed E-state index contributed by atoms with van der Waals surface area (Å²) in [5.41, 5.74) is 1.81. The van der Waals surface area contributed by atoms with E-state index in [0.29, 0.717) is 23.9 Å². The molecule has 0 spiro atoms. The van der Waals surface area contributed by atoms with Crippen molar-refractivity contribution in [2.24, 2.45) is 0 Å². The number of nitrogens with zero attached hydrogens (tertiary/aromatic N) is 3. The minimum Gasteiger partial charge on any atom is -0.445 e. The molecule has 1 aliphatic rings. The number of nitrogens with one attached hydrogen (secondary N) is 1. The zero-order valence-corrected chi connectivity index (χ0v) is 15.6. The third-order valence-electron chi connectivity index (χ3n) is 4.53. The van der Waals surface area contributed by atoms with E-state index in [1.807, 2.05) is 29.2 Å². The monoisotopic (exact) mass is 372 g/mol. The van der Waals surface area contributed by atoms with Gasteiger partial charge in [-0.15, -0.1) is 0 Å². The molecule has 1 aliphatic heterocycles. The van der Waals surface area contributed by atoms with Crippen molar-refractivity contribution in [1.82, 2.24) is 14.8 Å². The van der Waals surface area contributed by atoms with Crippen LogP contribution in [0.1, 0.15) is 30.1 Å². The molecule has 8 heteroatoms. The lowest BCUT2D eigenvalue weighted by atomic mass is 9.90. The zero-order valence-electron chi connectivity index (χ0n) is 15.6. The molecule has 1 fully saturated rings. The normalized spacial score (nSPS) is 16.7. The molecule has 0 bridgehead atoms. The van der Waals surface area contributed by atoms with Crippen LogP contribution in [0.25, 0.3) is 0 Å². The summed E-state index contributed by atoms with van der Waals surface area (Å²) in [7, 11) is 3.54. The van der Waals surface area contributed by atoms with Gasteiger partial charge in [0.1, 0.15) is 0 Å². The number of benzene rings is 1. The van der Waals surface area contributed by atoms with Gasteiger partial charge in [0.05, 0.1) is 6.20 Å². The Morgan fingerprint density at radius 2 is 2.11 bits per heavy atom. The van der Waals surface area contributed by atoms with Crippen LogP contribution in [0.15, 0.2) is 41.3 Å². The van der Waals surface area contributed by atoms with Crippen LogP contribution >= 0.6 is 0 Å². The van der Waals surface area contributed by atoms with Gasteiger partial charge in [0, 0.05) is 38.8 Å². The number of likely N-dealkylation sites (tertiary alicyclic amines) is 1. The molecule has 27 heavy (non-hydrogen) atoms. The van der Waals surface area contributed by atoms with Gasteiger partial charge in [-0.3, -0.25) is 5.32 Å². The highest BCUT2D eigenvalue weighted by atomic mass is 16.6. The lowest BCUT2D eigenvalue weighted by Crippen LogP contribution is -2.44. The van der Waals surface area contributed by atoms with Gasteiger partial charge in [-0.1, -0.05) is 12.1 Å². The number of rotatable bonds is 4. The lowest BCUT2D eigenvalue weighted by Gasteiger charge is -2.34. The van der Waals surface area contributed by atoms with Crippen molar-refractivity contribution in [3.8, 4) is 0 Å². The third-order valence-corrected chi connectivity index (χ3v) is 4.53. The van der Waals surface area contributed by atoms with Gasteiger partial charge in [0.25, 0.3) is 0 Å². The maximum Gasteiger partial charge on any atom is 0.412 e. The summed E-state index contributed by atoms with van der Waals surface area (Å²) in [6, 6.07) is 7.71. The number of piperidine rings is 1. The maximum absolute atomic E-state index is 12.2. The van der Waals surface area contributed by atoms with E-state index in [1.54, 1.807) is 19.0 Å². The van der Waals surface area contributed by atoms with Gasteiger partial charge < -0.3 is 19.0 Å². The molecule has 0 radical (unpaired) electrons. The number of urea groups is 1. The predicted octanol–water partition coefficient (Wildman–Crippen LogP) is 3.28. The third kappa shape index (κ3) is 4.99. The smallest absolute Gasteiger partial charge is 0.412 e. The second-order valence-corrected chi connectivity index (χ2v) is 6.75. The highest BCUT2D eigenvalue weighted by molar-refractivity contribution is 5.84. The summed E-state index contributed by atoms with van der Waals surface area (Å²) in [6.45, 7) is 1.54. The standard InChI is InChI=1S/C19H24N4O4/c1-22(2)19(25)23-9-3-4-15(11-23)14-5-7-16(8-6-14)21-18(24)26-12-17-10-20-13-27-17/h5-8,10,13,15H,3-4,9,11-12H2,1-2H3,(H,21,24)/t15-/m1/s1. The van der Waals surface area contributed by atoms with Crippen molar-refractivity contribution in [2.75, 3.05) is 32.5 Å². The van der Waals surface area contributed by atoms with Crippen molar-refractivity contribution in [3.05, 3.63) is 48.2 Å². The van der Waals surface area contributed by atoms with Crippen LogP contribution in [0.4, 0.5) is 15.3 Å². The molecule has 0 saturated carbocycles. The molecule has 1 atom stereocenters. The highest BCUT2D eigenvalue weighted by Gasteiger charge is 2.25. The van der Waals surface area contributed by atoms with Crippen LogP contribution in [0.5, 0.6) is 0 Å². The summed E-state index contributed by atoms with van der Waals surface area (Å²) < 4.78 is 10.1. The minimum atomic E-state index is -0.556. The summed E-state index contributed by atoms with van der Waals surface area (Å²) in [4.78, 5) is 31.3. The van der Waals surface area contributed by atoms with Crippen LogP contribution in [0.3, 0.4) is 0 Å². The molecule has 0 unspecified atom stereocenters. The number of carbonyl (C=O) groups excluding carboxylic acids is 2. The number of ether oxygens (including phenoxy) is 1. The van der Waals surface area contributed by atoms with E-state index in [1.165, 1.54) is 12.6 Å². The summed E-state index contributed by atoms with van der Waals surface area (Å²) in [5.74, 6) is 0.782. The van der Waals surface area contributed by atoms with E-state index >= 15 is 0 Å². The van der Waals surface area contributed by atoms with Crippen LogP contribution in [0, 0.1) is 0 Å². The van der Waals surface area contributed by atoms with Crippen molar-refractivity contribution < 1.29 is 18.7 Å². The molecule has 8 nitrogen and oxygen atoms in total. The number of anilines is 1. The highest BCUT2D eigenvalue weighted by Crippen LogP contribution is 2.28. The van der Waals surface area contributed by atoms with Gasteiger partial charge in [0.2, 0.25) is 0 Å². The Morgan fingerprint density at radius 1 is 1.33 bits per heavy atom. The van der Waals surface area contributed by atoms with E-state index in [0.717, 1.165) is 24.9 Å². The zero-order chi connectivity index (χ0) is 19.2. The van der Waals surface area contributed by atoms with Gasteiger partial charge in [-0.2, -0.15) is 0 Å². The first-order chi connectivity index (χ1) is 13.0. The Morgan fingerprint density at radius 3 is 2.78 bits per heavy atom. The molecule has 1 aromatic carbocycles. The van der Waals surface area contributed by atoms with Gasteiger partial charge in [-0.05, 0) is 30.5 Å². The summed E-state index contributed by atoms with van der Waals surface area (Å²) in [5, 5.41) is 2.68. The Kier molecular flexibility index (Phi) is 5.95. The van der Waals surface area contributed by atoms with Crippen molar-refractivity contribution in [1.29, 1.82) is 0 Å². The number of aromatic nitrogens is 1. The molecule has 1 saturated heterocycles. The second-order valence-electron chi connectivity index (χ2n) is 6.75. The first-order valence-corrected chi connectivity index (χ1v) is 8.90. The number of hydrogen-bond acceptors (Lipinski definition) is 5. The quantitative estimate of drug-likeness (QED) is 0.890. The Balaban J connectivity index is 1.53. The Bertz CT molecular complexity index is 759. The fraction of sp³-hybridized carbons (Fsp3) is 0.421. The van der Waals surface area contributed by atoms with E-state index in [-0.39, 0.29) is 12.6 Å². The van der Waals surface area contributed by atoms with Crippen LogP contribution in [0.2, 0.25) is 0 Å². The van der Waals surface area contributed by atoms with Gasteiger partial charge >= 0.3 is 12.1 Å². The van der Waals surface area contributed by atoms with Crippen molar-refractivity contribution >= 4 is 17.8 Å². The molecule has 2 heterocycles. The molecule has 2 aromatic rings. The molecular weight excluding hydrogens is 348 g/mol. The largest absolute Gasteiger partial charge is 0.445 e. The fourth-order valence-electron chi connectivity index (χ4n) is 3.15. The molecule has 3 rings (SSSR count). The predicted molar refractivity (Wildman–Crippen MR) is 99.4 cm³/mol. The van der Waals surface area contributed by atoms with E-state index in [9.17, 15) is 9.59 Å². The van der Waals surface area contributed by atoms with Crippen molar-refractivity contribution in [3.63, 3.8) is 0 Å². The SMILES string of the molecule is CN(C)C(=O)N1CCC[C@@H](c2ccc(NC(=O)OCc3cnco3)cc2)C1. The second kappa shape index (κ2) is 8.57. The van der Waals surface area contributed by atoms with Crippen LogP contribution in [-0.4, -0.2) is 54.1 Å². The van der Waals surface area contributed by atoms with E-state index in [4.69, 9.17) is 9.15 Å². The molecular formula is C19H24N4O4. The molecule has 3 amide bonds. The first-order valence-electron chi connectivity index (χ1n) is 8.90. The number of carbonyl (C=O) groups is 2. The van der Waals surface area contributed by atoms with E-state index < -0.39 is 6.09 Å². The molecule has 144 valence electrons. The summed E-state index contributed by atoms with van der Waals surface area (Å²) >= 11 is 0. The maximum atomic E-state index is 12.2. The summed E-state index contributed by atoms with van der Waals surface area (Å²) in [6.07, 6.45) is 4.26. The van der Waals surface area contributed by atoms with Crippen LogP contribution < -0.4 is 5.32 Å². The first kappa shape index (κ1) is 18.8. The Hall–Kier alpha value is -3.03. The number of amides is 3. The van der Waals surface area contributed by atoms with Crippen molar-refractivity contribution in [2.45, 2.75) is 25.4 Å². The number of oxazole rings is 1. The Labute approximate surface area is 158 Å². The average molecular weight is 372 g/mol. The van der Waals surface area contributed by atoms with E-state index in [2.05, 4.69) is 10.3 Å². The molecule has 1 N–H and O–H groups in total.